The number of hydrogen-bond donors (Lipinski definition) is 1. The SMILES string of the molecule is CCOC(=O)[C@@]1(CN)[C@H](c2cccc(F)c2)[C@@H]1S(=O)(=O)CC. The van der Waals surface area contributed by atoms with Gasteiger partial charge in [-0.05, 0) is 24.6 Å². The molecule has 0 aromatic heterocycles. The third kappa shape index (κ3) is 2.52. The number of halogens is 1. The fraction of sp³-hybridized carbons (Fsp3) is 0.533. The molecule has 0 spiro atoms. The van der Waals surface area contributed by atoms with Crippen LogP contribution in [0.5, 0.6) is 0 Å². The number of ether oxygens (including phenoxy) is 1. The highest BCUT2D eigenvalue weighted by molar-refractivity contribution is 7.92. The first-order valence-corrected chi connectivity index (χ1v) is 8.91. The second kappa shape index (κ2) is 5.96. The fourth-order valence-electron chi connectivity index (χ4n) is 3.12. The molecular weight excluding hydrogens is 309 g/mol. The molecule has 1 aliphatic carbocycles. The lowest BCUT2D eigenvalue weighted by atomic mass is 9.99. The van der Waals surface area contributed by atoms with Crippen molar-refractivity contribution in [2.45, 2.75) is 25.0 Å². The molecular formula is C15H20FNO4S. The predicted octanol–water partition coefficient (Wildman–Crippen LogP) is 1.23. The molecule has 2 N–H and O–H groups in total. The van der Waals surface area contributed by atoms with E-state index >= 15 is 0 Å². The molecule has 1 aromatic carbocycles. The van der Waals surface area contributed by atoms with Crippen LogP contribution in [0, 0.1) is 11.2 Å². The van der Waals surface area contributed by atoms with Crippen LogP contribution in [-0.4, -0.2) is 38.5 Å². The van der Waals surface area contributed by atoms with Crippen LogP contribution in [0.3, 0.4) is 0 Å². The number of carbonyl (C=O) groups is 1. The molecule has 1 fully saturated rings. The van der Waals surface area contributed by atoms with Crippen molar-refractivity contribution in [1.82, 2.24) is 0 Å². The van der Waals surface area contributed by atoms with Crippen LogP contribution in [0.4, 0.5) is 4.39 Å². The van der Waals surface area contributed by atoms with E-state index < -0.39 is 38.2 Å². The van der Waals surface area contributed by atoms with Gasteiger partial charge < -0.3 is 10.5 Å². The summed E-state index contributed by atoms with van der Waals surface area (Å²) in [6, 6.07) is 5.62. The zero-order valence-corrected chi connectivity index (χ0v) is 13.4. The van der Waals surface area contributed by atoms with E-state index in [9.17, 15) is 17.6 Å². The van der Waals surface area contributed by atoms with Gasteiger partial charge in [0.25, 0.3) is 0 Å². The molecule has 0 aliphatic heterocycles. The Kier molecular flexibility index (Phi) is 4.58. The van der Waals surface area contributed by atoms with Crippen LogP contribution in [0.15, 0.2) is 24.3 Å². The zero-order valence-electron chi connectivity index (χ0n) is 12.6. The van der Waals surface area contributed by atoms with Gasteiger partial charge in [0.15, 0.2) is 9.84 Å². The molecule has 1 aromatic rings. The van der Waals surface area contributed by atoms with Gasteiger partial charge in [-0.25, -0.2) is 12.8 Å². The summed E-state index contributed by atoms with van der Waals surface area (Å²) in [6.07, 6.45) is 0. The van der Waals surface area contributed by atoms with E-state index in [1.807, 2.05) is 0 Å². The van der Waals surface area contributed by atoms with Gasteiger partial charge in [-0.3, -0.25) is 4.79 Å². The van der Waals surface area contributed by atoms with Crippen molar-refractivity contribution in [1.29, 1.82) is 0 Å². The lowest BCUT2D eigenvalue weighted by Crippen LogP contribution is -2.34. The smallest absolute Gasteiger partial charge is 0.315 e. The Hall–Kier alpha value is -1.47. The molecule has 0 bridgehead atoms. The number of carbonyl (C=O) groups excluding carboxylic acids is 1. The van der Waals surface area contributed by atoms with Crippen molar-refractivity contribution in [2.24, 2.45) is 11.1 Å². The quantitative estimate of drug-likeness (QED) is 0.793. The van der Waals surface area contributed by atoms with Gasteiger partial charge >= 0.3 is 5.97 Å². The van der Waals surface area contributed by atoms with E-state index in [2.05, 4.69) is 0 Å². The largest absolute Gasteiger partial charge is 0.465 e. The topological polar surface area (TPSA) is 86.5 Å². The van der Waals surface area contributed by atoms with Gasteiger partial charge in [-0.2, -0.15) is 0 Å². The van der Waals surface area contributed by atoms with Crippen LogP contribution in [0.2, 0.25) is 0 Å². The zero-order chi connectivity index (χ0) is 16.5. The Morgan fingerprint density at radius 2 is 2.09 bits per heavy atom. The van der Waals surface area contributed by atoms with Crippen molar-refractivity contribution < 1.29 is 22.3 Å². The summed E-state index contributed by atoms with van der Waals surface area (Å²) >= 11 is 0. The second-order valence-corrected chi connectivity index (χ2v) is 7.78. The predicted molar refractivity (Wildman–Crippen MR) is 80.5 cm³/mol. The van der Waals surface area contributed by atoms with Gasteiger partial charge in [0.2, 0.25) is 0 Å². The molecule has 1 saturated carbocycles. The summed E-state index contributed by atoms with van der Waals surface area (Å²) in [5, 5.41) is -0.962. The molecule has 2 rings (SSSR count). The van der Waals surface area contributed by atoms with Crippen LogP contribution in [-0.2, 0) is 19.4 Å². The van der Waals surface area contributed by atoms with E-state index in [1.165, 1.54) is 25.1 Å². The Morgan fingerprint density at radius 3 is 2.59 bits per heavy atom. The first-order valence-electron chi connectivity index (χ1n) is 7.19. The van der Waals surface area contributed by atoms with E-state index in [0.717, 1.165) is 0 Å². The summed E-state index contributed by atoms with van der Waals surface area (Å²) in [4.78, 5) is 12.3. The number of nitrogens with two attached hydrogens (primary N) is 1. The Labute approximate surface area is 129 Å². The van der Waals surface area contributed by atoms with Crippen molar-refractivity contribution in [3.63, 3.8) is 0 Å². The molecule has 3 atom stereocenters. The molecule has 122 valence electrons. The third-order valence-electron chi connectivity index (χ3n) is 4.25. The number of esters is 1. The van der Waals surface area contributed by atoms with Gasteiger partial charge in [0.1, 0.15) is 11.2 Å². The second-order valence-electron chi connectivity index (χ2n) is 5.37. The molecule has 0 amide bonds. The normalized spacial score (nSPS) is 27.5. The Balaban J connectivity index is 2.52. The third-order valence-corrected chi connectivity index (χ3v) is 6.52. The summed E-state index contributed by atoms with van der Waals surface area (Å²) in [7, 11) is -3.52. The summed E-state index contributed by atoms with van der Waals surface area (Å²) in [6.45, 7) is 3.14. The minimum Gasteiger partial charge on any atom is -0.465 e. The van der Waals surface area contributed by atoms with Crippen LogP contribution in [0.1, 0.15) is 25.3 Å². The highest BCUT2D eigenvalue weighted by atomic mass is 32.2. The maximum Gasteiger partial charge on any atom is 0.315 e. The maximum atomic E-state index is 13.5. The van der Waals surface area contributed by atoms with E-state index in [-0.39, 0.29) is 18.9 Å². The van der Waals surface area contributed by atoms with Crippen LogP contribution in [0.25, 0.3) is 0 Å². The standard InChI is InChI=1S/C15H20FNO4S/c1-3-21-14(18)15(9-17)12(13(15)22(19,20)4-2)10-6-5-7-11(16)8-10/h5-8,12-13H,3-4,9,17H2,1-2H3/t12-,13+,15+/m1/s1. The van der Waals surface area contributed by atoms with Crippen molar-refractivity contribution in [3.8, 4) is 0 Å². The molecule has 0 radical (unpaired) electrons. The van der Waals surface area contributed by atoms with Gasteiger partial charge in [-0.1, -0.05) is 19.1 Å². The summed E-state index contributed by atoms with van der Waals surface area (Å²) in [5.74, 6) is -1.89. The highest BCUT2D eigenvalue weighted by Gasteiger charge is 2.75. The molecule has 5 nitrogen and oxygen atoms in total. The fourth-order valence-corrected chi connectivity index (χ4v) is 5.19. The minimum atomic E-state index is -3.52. The minimum absolute atomic E-state index is 0.107. The number of rotatable bonds is 6. The lowest BCUT2D eigenvalue weighted by molar-refractivity contribution is -0.149. The number of sulfone groups is 1. The maximum absolute atomic E-state index is 13.5. The first kappa shape index (κ1) is 16.9. The highest BCUT2D eigenvalue weighted by Crippen LogP contribution is 2.63. The van der Waals surface area contributed by atoms with Crippen LogP contribution >= 0.6 is 0 Å². The molecule has 0 saturated heterocycles. The molecule has 0 unspecified atom stereocenters. The molecule has 0 heterocycles. The van der Waals surface area contributed by atoms with Crippen molar-refractivity contribution in [2.75, 3.05) is 18.9 Å². The number of benzene rings is 1. The lowest BCUT2D eigenvalue weighted by Gasteiger charge is -2.14. The number of hydrogen-bond acceptors (Lipinski definition) is 5. The monoisotopic (exact) mass is 329 g/mol. The van der Waals surface area contributed by atoms with E-state index in [0.29, 0.717) is 5.56 Å². The Bertz CT molecular complexity index is 676. The van der Waals surface area contributed by atoms with Crippen molar-refractivity contribution in [3.05, 3.63) is 35.6 Å². The van der Waals surface area contributed by atoms with E-state index in [4.69, 9.17) is 10.5 Å². The van der Waals surface area contributed by atoms with E-state index in [1.54, 1.807) is 13.0 Å². The molecule has 22 heavy (non-hydrogen) atoms. The van der Waals surface area contributed by atoms with Gasteiger partial charge in [0, 0.05) is 18.2 Å². The average Bonchev–Trinajstić information content (AvgIpc) is 3.19. The molecule has 1 aliphatic rings. The Morgan fingerprint density at radius 1 is 1.41 bits per heavy atom. The average molecular weight is 329 g/mol. The summed E-state index contributed by atoms with van der Waals surface area (Å²) in [5.41, 5.74) is 4.89. The molecule has 7 heteroatoms. The van der Waals surface area contributed by atoms with Crippen molar-refractivity contribution >= 4 is 15.8 Å². The van der Waals surface area contributed by atoms with Gasteiger partial charge in [0.05, 0.1) is 11.9 Å². The van der Waals surface area contributed by atoms with Gasteiger partial charge in [-0.15, -0.1) is 0 Å². The summed E-state index contributed by atoms with van der Waals surface area (Å²) < 4.78 is 43.2. The van der Waals surface area contributed by atoms with Crippen LogP contribution < -0.4 is 5.73 Å². The first-order chi connectivity index (χ1) is 10.3.